The van der Waals surface area contributed by atoms with E-state index in [1.807, 2.05) is 0 Å². The van der Waals surface area contributed by atoms with Crippen LogP contribution in [-0.2, 0) is 5.41 Å². The quantitative estimate of drug-likeness (QED) is 0.393. The molecule has 0 saturated heterocycles. The van der Waals surface area contributed by atoms with Crippen molar-refractivity contribution in [3.05, 3.63) is 53.7 Å². The van der Waals surface area contributed by atoms with Crippen LogP contribution in [0, 0.1) is 0 Å². The average molecular weight is 301 g/mol. The first-order valence-corrected chi connectivity index (χ1v) is 7.45. The van der Waals surface area contributed by atoms with Crippen molar-refractivity contribution < 1.29 is 5.21 Å². The summed E-state index contributed by atoms with van der Waals surface area (Å²) >= 11 is 1.49. The average Bonchev–Trinajstić information content (AvgIpc) is 2.46. The van der Waals surface area contributed by atoms with Crippen molar-refractivity contribution >= 4 is 17.6 Å². The maximum Gasteiger partial charge on any atom is 0.172 e. The molecule has 2 aromatic rings. The lowest BCUT2D eigenvalue weighted by molar-refractivity contribution is 0.318. The Balaban J connectivity index is 2.27. The summed E-state index contributed by atoms with van der Waals surface area (Å²) in [7, 11) is 0. The van der Waals surface area contributed by atoms with Gasteiger partial charge in [-0.2, -0.15) is 0 Å². The van der Waals surface area contributed by atoms with Crippen molar-refractivity contribution in [3.63, 3.8) is 0 Å². The first-order chi connectivity index (χ1) is 9.91. The molecule has 5 heteroatoms. The van der Waals surface area contributed by atoms with E-state index < -0.39 is 0 Å². The van der Waals surface area contributed by atoms with Crippen molar-refractivity contribution in [2.24, 2.45) is 10.9 Å². The lowest BCUT2D eigenvalue weighted by Crippen LogP contribution is -2.14. The largest absolute Gasteiger partial charge is 0.409 e. The molecule has 0 radical (unpaired) electrons. The highest BCUT2D eigenvalue weighted by atomic mass is 32.2. The van der Waals surface area contributed by atoms with Crippen LogP contribution in [0.5, 0.6) is 0 Å². The summed E-state index contributed by atoms with van der Waals surface area (Å²) in [6.07, 6.45) is 1.69. The summed E-state index contributed by atoms with van der Waals surface area (Å²) in [6.45, 7) is 6.55. The number of rotatable bonds is 3. The van der Waals surface area contributed by atoms with Crippen LogP contribution >= 0.6 is 11.8 Å². The van der Waals surface area contributed by atoms with E-state index in [1.165, 1.54) is 17.3 Å². The monoisotopic (exact) mass is 301 g/mol. The van der Waals surface area contributed by atoms with E-state index in [0.717, 1.165) is 9.92 Å². The minimum absolute atomic E-state index is 0.0666. The summed E-state index contributed by atoms with van der Waals surface area (Å²) in [5.41, 5.74) is 7.72. The summed E-state index contributed by atoms with van der Waals surface area (Å²) in [5.74, 6) is 0.0666. The van der Waals surface area contributed by atoms with E-state index in [4.69, 9.17) is 10.9 Å². The third kappa shape index (κ3) is 3.76. The number of benzene rings is 1. The van der Waals surface area contributed by atoms with E-state index in [2.05, 4.69) is 55.2 Å². The lowest BCUT2D eigenvalue weighted by atomic mass is 9.87. The van der Waals surface area contributed by atoms with Crippen LogP contribution in [0.4, 0.5) is 0 Å². The Bertz CT molecular complexity index is 645. The number of aromatic nitrogens is 1. The third-order valence-corrected chi connectivity index (χ3v) is 4.12. The van der Waals surface area contributed by atoms with Gasteiger partial charge in [0.05, 0.1) is 5.56 Å². The normalized spacial score (nSPS) is 12.4. The number of amidine groups is 1. The number of hydrogen-bond donors (Lipinski definition) is 2. The second-order valence-corrected chi connectivity index (χ2v) is 6.78. The number of pyridine rings is 1. The second kappa shape index (κ2) is 6.18. The molecular formula is C16H19N3OS. The minimum atomic E-state index is 0.0666. The molecule has 0 amide bonds. The van der Waals surface area contributed by atoms with Gasteiger partial charge in [-0.25, -0.2) is 4.98 Å². The summed E-state index contributed by atoms with van der Waals surface area (Å²) in [6, 6.07) is 11.9. The van der Waals surface area contributed by atoms with E-state index in [0.29, 0.717) is 5.56 Å². The van der Waals surface area contributed by atoms with Gasteiger partial charge < -0.3 is 10.9 Å². The fourth-order valence-corrected chi connectivity index (χ4v) is 2.75. The van der Waals surface area contributed by atoms with Crippen molar-refractivity contribution in [3.8, 4) is 0 Å². The molecule has 0 aliphatic heterocycles. The molecule has 0 fully saturated rings. The van der Waals surface area contributed by atoms with Gasteiger partial charge in [-0.1, -0.05) is 49.8 Å². The predicted octanol–water partition coefficient (Wildman–Crippen LogP) is 3.62. The standard InChI is InChI=1S/C16H19N3OS/c1-16(2,3)11-6-8-12(9-7-11)21-15-13(14(17)19-20)5-4-10-18-15/h4-10,20H,1-3H3,(H2,17,19). The number of oxime groups is 1. The molecule has 1 aromatic heterocycles. The molecule has 0 aliphatic rings. The first-order valence-electron chi connectivity index (χ1n) is 6.63. The van der Waals surface area contributed by atoms with E-state index in [-0.39, 0.29) is 11.3 Å². The Morgan fingerprint density at radius 1 is 1.19 bits per heavy atom. The summed E-state index contributed by atoms with van der Waals surface area (Å²) in [5, 5.41) is 12.6. The molecular weight excluding hydrogens is 282 g/mol. The maximum absolute atomic E-state index is 8.83. The molecule has 2 rings (SSSR count). The van der Waals surface area contributed by atoms with E-state index in [9.17, 15) is 0 Å². The van der Waals surface area contributed by atoms with Gasteiger partial charge in [0.25, 0.3) is 0 Å². The van der Waals surface area contributed by atoms with Crippen LogP contribution in [0.3, 0.4) is 0 Å². The minimum Gasteiger partial charge on any atom is -0.409 e. The lowest BCUT2D eigenvalue weighted by Gasteiger charge is -2.19. The van der Waals surface area contributed by atoms with Crippen LogP contribution in [0.25, 0.3) is 0 Å². The van der Waals surface area contributed by atoms with Gasteiger partial charge in [0, 0.05) is 11.1 Å². The fraction of sp³-hybridized carbons (Fsp3) is 0.250. The molecule has 0 aliphatic carbocycles. The molecule has 0 atom stereocenters. The van der Waals surface area contributed by atoms with Crippen LogP contribution in [0.1, 0.15) is 31.9 Å². The maximum atomic E-state index is 8.83. The third-order valence-electron chi connectivity index (χ3n) is 3.09. The number of hydrogen-bond acceptors (Lipinski definition) is 4. The zero-order valence-corrected chi connectivity index (χ0v) is 13.2. The topological polar surface area (TPSA) is 71.5 Å². The molecule has 3 N–H and O–H groups in total. The Morgan fingerprint density at radius 2 is 1.86 bits per heavy atom. The molecule has 21 heavy (non-hydrogen) atoms. The fourth-order valence-electron chi connectivity index (χ4n) is 1.86. The molecule has 0 bridgehead atoms. The van der Waals surface area contributed by atoms with Crippen LogP contribution < -0.4 is 5.73 Å². The Kier molecular flexibility index (Phi) is 4.53. The zero-order chi connectivity index (χ0) is 15.5. The van der Waals surface area contributed by atoms with Crippen LogP contribution in [-0.4, -0.2) is 16.0 Å². The second-order valence-electron chi connectivity index (χ2n) is 5.72. The summed E-state index contributed by atoms with van der Waals surface area (Å²) in [4.78, 5) is 5.37. The highest BCUT2D eigenvalue weighted by molar-refractivity contribution is 7.99. The number of nitrogens with zero attached hydrogens (tertiary/aromatic N) is 2. The smallest absolute Gasteiger partial charge is 0.172 e. The van der Waals surface area contributed by atoms with Crippen molar-refractivity contribution in [1.82, 2.24) is 4.98 Å². The van der Waals surface area contributed by atoms with Gasteiger partial charge in [0.2, 0.25) is 0 Å². The van der Waals surface area contributed by atoms with Crippen LogP contribution in [0.15, 0.2) is 57.7 Å². The number of nitrogens with two attached hydrogens (primary N) is 1. The van der Waals surface area contributed by atoms with Gasteiger partial charge in [0.1, 0.15) is 5.03 Å². The highest BCUT2D eigenvalue weighted by Crippen LogP contribution is 2.30. The van der Waals surface area contributed by atoms with E-state index in [1.54, 1.807) is 18.3 Å². The van der Waals surface area contributed by atoms with Gasteiger partial charge in [0.15, 0.2) is 5.84 Å². The molecule has 0 unspecified atom stereocenters. The van der Waals surface area contributed by atoms with Gasteiger partial charge >= 0.3 is 0 Å². The van der Waals surface area contributed by atoms with Gasteiger partial charge in [-0.3, -0.25) is 0 Å². The molecule has 1 aromatic carbocycles. The van der Waals surface area contributed by atoms with Crippen LogP contribution in [0.2, 0.25) is 0 Å². The van der Waals surface area contributed by atoms with Gasteiger partial charge in [-0.05, 0) is 35.2 Å². The predicted molar refractivity (Wildman–Crippen MR) is 86.0 cm³/mol. The summed E-state index contributed by atoms with van der Waals surface area (Å²) < 4.78 is 0. The Labute approximate surface area is 129 Å². The molecule has 110 valence electrons. The van der Waals surface area contributed by atoms with Gasteiger partial charge in [-0.15, -0.1) is 0 Å². The molecule has 0 saturated carbocycles. The SMILES string of the molecule is CC(C)(C)c1ccc(Sc2ncccc2/C(N)=N/O)cc1. The Hall–Kier alpha value is -2.01. The highest BCUT2D eigenvalue weighted by Gasteiger charge is 2.14. The Morgan fingerprint density at radius 3 is 2.43 bits per heavy atom. The molecule has 0 spiro atoms. The van der Waals surface area contributed by atoms with E-state index >= 15 is 0 Å². The first kappa shape index (κ1) is 15.4. The zero-order valence-electron chi connectivity index (χ0n) is 12.4. The molecule has 1 heterocycles. The van der Waals surface area contributed by atoms with Crippen molar-refractivity contribution in [2.75, 3.05) is 0 Å². The molecule has 4 nitrogen and oxygen atoms in total. The van der Waals surface area contributed by atoms with Crippen molar-refractivity contribution in [1.29, 1.82) is 0 Å². The van der Waals surface area contributed by atoms with Crippen molar-refractivity contribution in [2.45, 2.75) is 36.1 Å².